The first-order valence-electron chi connectivity index (χ1n) is 7.38. The van der Waals surface area contributed by atoms with E-state index < -0.39 is 0 Å². The zero-order valence-corrected chi connectivity index (χ0v) is 12.2. The number of benzene rings is 2. The number of fused-ring (bicyclic) bond motifs is 1. The summed E-state index contributed by atoms with van der Waals surface area (Å²) < 4.78 is 5.59. The lowest BCUT2D eigenvalue weighted by molar-refractivity contribution is 0.317. The summed E-state index contributed by atoms with van der Waals surface area (Å²) in [6.45, 7) is 3.68. The molecule has 0 aliphatic carbocycles. The van der Waals surface area contributed by atoms with Crippen LogP contribution in [0.15, 0.2) is 54.7 Å². The molecule has 0 radical (unpaired) electrons. The first-order chi connectivity index (χ1) is 10.4. The molecule has 0 amide bonds. The van der Waals surface area contributed by atoms with E-state index in [1.807, 2.05) is 18.2 Å². The maximum Gasteiger partial charge on any atom is 0.119 e. The van der Waals surface area contributed by atoms with Crippen molar-refractivity contribution in [1.82, 2.24) is 4.98 Å². The smallest absolute Gasteiger partial charge is 0.119 e. The van der Waals surface area contributed by atoms with Crippen LogP contribution >= 0.6 is 0 Å². The number of aromatic nitrogens is 1. The number of rotatable bonds is 6. The molecule has 3 heteroatoms. The van der Waals surface area contributed by atoms with Gasteiger partial charge in [0.25, 0.3) is 0 Å². The van der Waals surface area contributed by atoms with Gasteiger partial charge in [-0.3, -0.25) is 0 Å². The zero-order chi connectivity index (χ0) is 14.5. The lowest BCUT2D eigenvalue weighted by atomic mass is 10.2. The van der Waals surface area contributed by atoms with E-state index in [-0.39, 0.29) is 0 Å². The summed E-state index contributed by atoms with van der Waals surface area (Å²) in [6.07, 6.45) is 3.09. The van der Waals surface area contributed by atoms with E-state index in [0.29, 0.717) is 0 Å². The molecule has 0 unspecified atom stereocenters. The van der Waals surface area contributed by atoms with Gasteiger partial charge in [0, 0.05) is 29.3 Å². The van der Waals surface area contributed by atoms with E-state index in [1.54, 1.807) is 0 Å². The van der Waals surface area contributed by atoms with Gasteiger partial charge in [-0.2, -0.15) is 0 Å². The van der Waals surface area contributed by atoms with Gasteiger partial charge >= 0.3 is 0 Å². The number of hydrogen-bond donors (Lipinski definition) is 2. The predicted molar refractivity (Wildman–Crippen MR) is 87.9 cm³/mol. The minimum absolute atomic E-state index is 0.766. The molecule has 0 aliphatic heterocycles. The lowest BCUT2D eigenvalue weighted by Crippen LogP contribution is -1.99. The maximum atomic E-state index is 5.59. The quantitative estimate of drug-likeness (QED) is 0.694. The summed E-state index contributed by atoms with van der Waals surface area (Å²) in [4.78, 5) is 3.30. The fourth-order valence-corrected chi connectivity index (χ4v) is 2.36. The van der Waals surface area contributed by atoms with Crippen LogP contribution in [0, 0.1) is 0 Å². The molecule has 0 fully saturated rings. The van der Waals surface area contributed by atoms with E-state index in [2.05, 4.69) is 53.8 Å². The summed E-state index contributed by atoms with van der Waals surface area (Å²) in [6, 6.07) is 16.5. The van der Waals surface area contributed by atoms with Gasteiger partial charge in [-0.1, -0.05) is 25.1 Å². The maximum absolute atomic E-state index is 5.59. The molecule has 3 aromatic rings. The van der Waals surface area contributed by atoms with Crippen LogP contribution in [0.2, 0.25) is 0 Å². The number of para-hydroxylation sites is 1. The second-order valence-electron chi connectivity index (χ2n) is 5.09. The predicted octanol–water partition coefficient (Wildman–Crippen LogP) is 4.57. The van der Waals surface area contributed by atoms with Gasteiger partial charge in [0.2, 0.25) is 0 Å². The number of aromatic amines is 1. The molecule has 0 saturated heterocycles. The van der Waals surface area contributed by atoms with Crippen molar-refractivity contribution in [2.45, 2.75) is 19.9 Å². The Morgan fingerprint density at radius 1 is 1.05 bits per heavy atom. The Hall–Kier alpha value is -2.42. The molecule has 108 valence electrons. The number of hydrogen-bond acceptors (Lipinski definition) is 2. The van der Waals surface area contributed by atoms with E-state index in [9.17, 15) is 0 Å². The molecule has 21 heavy (non-hydrogen) atoms. The monoisotopic (exact) mass is 280 g/mol. The Morgan fingerprint density at radius 3 is 2.67 bits per heavy atom. The van der Waals surface area contributed by atoms with Crippen molar-refractivity contribution >= 4 is 16.6 Å². The highest BCUT2D eigenvalue weighted by atomic mass is 16.5. The summed E-state index contributed by atoms with van der Waals surface area (Å²) >= 11 is 0. The third-order valence-corrected chi connectivity index (χ3v) is 3.49. The Labute approximate surface area is 125 Å². The zero-order valence-electron chi connectivity index (χ0n) is 12.2. The van der Waals surface area contributed by atoms with Crippen LogP contribution in [-0.4, -0.2) is 11.6 Å². The van der Waals surface area contributed by atoms with Crippen LogP contribution in [0.25, 0.3) is 10.9 Å². The van der Waals surface area contributed by atoms with Crippen LogP contribution in [0.4, 0.5) is 5.69 Å². The fourth-order valence-electron chi connectivity index (χ4n) is 2.36. The number of anilines is 1. The lowest BCUT2D eigenvalue weighted by Gasteiger charge is -2.08. The average Bonchev–Trinajstić information content (AvgIpc) is 2.95. The van der Waals surface area contributed by atoms with Crippen molar-refractivity contribution in [2.75, 3.05) is 11.9 Å². The van der Waals surface area contributed by atoms with Crippen molar-refractivity contribution in [3.63, 3.8) is 0 Å². The van der Waals surface area contributed by atoms with Crippen LogP contribution in [0.1, 0.15) is 18.9 Å². The molecule has 0 atom stereocenters. The van der Waals surface area contributed by atoms with Gasteiger partial charge in [0.05, 0.1) is 6.61 Å². The average molecular weight is 280 g/mol. The highest BCUT2D eigenvalue weighted by Crippen LogP contribution is 2.20. The van der Waals surface area contributed by atoms with Crippen molar-refractivity contribution in [1.29, 1.82) is 0 Å². The minimum atomic E-state index is 0.766. The Balaban J connectivity index is 1.64. The molecule has 3 rings (SSSR count). The van der Waals surface area contributed by atoms with Gasteiger partial charge in [-0.15, -0.1) is 0 Å². The van der Waals surface area contributed by atoms with Crippen LogP contribution in [0.5, 0.6) is 5.75 Å². The first kappa shape index (κ1) is 13.6. The molecule has 0 saturated carbocycles. The van der Waals surface area contributed by atoms with Crippen LogP contribution in [0.3, 0.4) is 0 Å². The van der Waals surface area contributed by atoms with Crippen LogP contribution < -0.4 is 10.1 Å². The molecule has 0 bridgehead atoms. The first-order valence-corrected chi connectivity index (χ1v) is 7.38. The van der Waals surface area contributed by atoms with Crippen molar-refractivity contribution in [2.24, 2.45) is 0 Å². The molecule has 1 aromatic heterocycles. The van der Waals surface area contributed by atoms with Gasteiger partial charge in [0.1, 0.15) is 5.75 Å². The second kappa shape index (κ2) is 6.35. The van der Waals surface area contributed by atoms with E-state index in [1.165, 1.54) is 16.5 Å². The van der Waals surface area contributed by atoms with E-state index >= 15 is 0 Å². The Bertz CT molecular complexity index is 701. The molecule has 2 N–H and O–H groups in total. The third-order valence-electron chi connectivity index (χ3n) is 3.49. The number of nitrogens with one attached hydrogen (secondary N) is 2. The highest BCUT2D eigenvalue weighted by Gasteiger charge is 2.02. The van der Waals surface area contributed by atoms with Crippen molar-refractivity contribution in [3.8, 4) is 5.75 Å². The Kier molecular flexibility index (Phi) is 4.10. The number of H-pyrrole nitrogens is 1. The largest absolute Gasteiger partial charge is 0.494 e. The van der Waals surface area contributed by atoms with Gasteiger partial charge in [0.15, 0.2) is 0 Å². The van der Waals surface area contributed by atoms with Gasteiger partial charge in [-0.25, -0.2) is 0 Å². The standard InChI is InChI=1S/C18H20N2O/c1-2-11-21-16-9-7-15(8-10-16)19-12-14-13-20-18-6-4-3-5-17(14)18/h3-10,13,19-20H,2,11-12H2,1H3. The summed E-state index contributed by atoms with van der Waals surface area (Å²) in [5.74, 6) is 0.925. The van der Waals surface area contributed by atoms with Crippen molar-refractivity contribution < 1.29 is 4.74 Å². The van der Waals surface area contributed by atoms with Gasteiger partial charge < -0.3 is 15.0 Å². The highest BCUT2D eigenvalue weighted by molar-refractivity contribution is 5.83. The summed E-state index contributed by atoms with van der Waals surface area (Å²) in [5, 5.41) is 4.72. The molecule has 3 nitrogen and oxygen atoms in total. The molecular weight excluding hydrogens is 260 g/mol. The van der Waals surface area contributed by atoms with Gasteiger partial charge in [-0.05, 0) is 42.3 Å². The summed E-state index contributed by atoms with van der Waals surface area (Å²) in [7, 11) is 0. The van der Waals surface area contributed by atoms with Crippen LogP contribution in [-0.2, 0) is 6.54 Å². The van der Waals surface area contributed by atoms with E-state index in [0.717, 1.165) is 31.0 Å². The summed E-state index contributed by atoms with van der Waals surface area (Å²) in [5.41, 5.74) is 3.55. The SMILES string of the molecule is CCCOc1ccc(NCc2c[nH]c3ccccc23)cc1. The van der Waals surface area contributed by atoms with E-state index in [4.69, 9.17) is 4.74 Å². The molecular formula is C18H20N2O. The van der Waals surface area contributed by atoms with Crippen molar-refractivity contribution in [3.05, 3.63) is 60.3 Å². The third kappa shape index (κ3) is 3.19. The normalized spacial score (nSPS) is 10.7. The molecule has 1 heterocycles. The minimum Gasteiger partial charge on any atom is -0.494 e. The fraction of sp³-hybridized carbons (Fsp3) is 0.222. The molecule has 2 aromatic carbocycles. The molecule has 0 aliphatic rings. The second-order valence-corrected chi connectivity index (χ2v) is 5.09. The molecule has 0 spiro atoms. The topological polar surface area (TPSA) is 37.0 Å². The number of ether oxygens (including phenoxy) is 1. The Morgan fingerprint density at radius 2 is 1.86 bits per heavy atom.